The molecule has 0 aliphatic heterocycles. The zero-order valence-corrected chi connectivity index (χ0v) is 12.8. The van der Waals surface area contributed by atoms with Crippen LogP contribution in [0.4, 0.5) is 24.7 Å². The maximum Gasteiger partial charge on any atom is 0.573 e. The Balaban J connectivity index is 2.26. The van der Waals surface area contributed by atoms with Crippen molar-refractivity contribution in [2.75, 3.05) is 5.32 Å². The third-order valence-electron chi connectivity index (χ3n) is 3.21. The van der Waals surface area contributed by atoms with E-state index in [9.17, 15) is 18.3 Å². The number of benzene rings is 1. The van der Waals surface area contributed by atoms with Crippen molar-refractivity contribution in [2.24, 2.45) is 0 Å². The van der Waals surface area contributed by atoms with Crippen LogP contribution in [-0.2, 0) is 6.61 Å². The van der Waals surface area contributed by atoms with Gasteiger partial charge in [-0.25, -0.2) is 4.98 Å². The number of pyridine rings is 1. The van der Waals surface area contributed by atoms with Gasteiger partial charge in [0.2, 0.25) is 0 Å². The minimum atomic E-state index is -4.74. The molecule has 0 atom stereocenters. The number of hydrogen-bond acceptors (Lipinski definition) is 5. The van der Waals surface area contributed by atoms with Gasteiger partial charge in [-0.1, -0.05) is 6.92 Å². The van der Waals surface area contributed by atoms with Gasteiger partial charge in [0.15, 0.2) is 0 Å². The van der Waals surface area contributed by atoms with Crippen molar-refractivity contribution < 1.29 is 23.0 Å². The van der Waals surface area contributed by atoms with Gasteiger partial charge in [-0.15, -0.1) is 13.2 Å². The van der Waals surface area contributed by atoms with Crippen LogP contribution < -0.4 is 10.1 Å². The molecule has 3 N–H and O–H groups in total. The number of alkyl halides is 3. The van der Waals surface area contributed by atoms with E-state index in [1.807, 2.05) is 6.92 Å². The van der Waals surface area contributed by atoms with Crippen LogP contribution in [0.15, 0.2) is 36.5 Å². The van der Waals surface area contributed by atoms with E-state index in [1.54, 1.807) is 6.07 Å². The monoisotopic (exact) mass is 339 g/mol. The smallest absolute Gasteiger partial charge is 0.406 e. The van der Waals surface area contributed by atoms with Crippen molar-refractivity contribution in [1.82, 2.24) is 4.98 Å². The molecule has 0 saturated carbocycles. The summed E-state index contributed by atoms with van der Waals surface area (Å²) >= 11 is 0. The largest absolute Gasteiger partial charge is 0.573 e. The summed E-state index contributed by atoms with van der Waals surface area (Å²) in [6.45, 7) is 1.57. The first kappa shape index (κ1) is 17.7. The minimum Gasteiger partial charge on any atom is -0.406 e. The van der Waals surface area contributed by atoms with Gasteiger partial charge in [0.05, 0.1) is 6.61 Å². The fourth-order valence-electron chi connectivity index (χ4n) is 2.12. The highest BCUT2D eigenvalue weighted by atomic mass is 19.4. The van der Waals surface area contributed by atoms with E-state index in [0.29, 0.717) is 34.8 Å². The van der Waals surface area contributed by atoms with Crippen LogP contribution in [0.3, 0.4) is 0 Å². The molecule has 8 heteroatoms. The van der Waals surface area contributed by atoms with Crippen LogP contribution in [0.5, 0.6) is 5.75 Å². The SMILES string of the molecule is CCC(=N)c1c(CO)ccnc1Nc1ccc(OC(F)(F)F)cc1. The number of aliphatic hydroxyl groups excluding tert-OH is 1. The fourth-order valence-corrected chi connectivity index (χ4v) is 2.12. The Morgan fingerprint density at radius 3 is 2.46 bits per heavy atom. The predicted octanol–water partition coefficient (Wildman–Crippen LogP) is 3.99. The number of nitrogens with zero attached hydrogens (tertiary/aromatic N) is 1. The van der Waals surface area contributed by atoms with Gasteiger partial charge in [0, 0.05) is 23.2 Å². The van der Waals surface area contributed by atoms with Crippen molar-refractivity contribution >= 4 is 17.2 Å². The van der Waals surface area contributed by atoms with E-state index in [0.717, 1.165) is 0 Å². The predicted molar refractivity (Wildman–Crippen MR) is 83.7 cm³/mol. The van der Waals surface area contributed by atoms with Crippen molar-refractivity contribution in [1.29, 1.82) is 5.41 Å². The minimum absolute atomic E-state index is 0.243. The number of halogens is 3. The number of hydrogen-bond donors (Lipinski definition) is 3. The van der Waals surface area contributed by atoms with E-state index >= 15 is 0 Å². The average molecular weight is 339 g/mol. The second-order valence-electron chi connectivity index (χ2n) is 4.88. The summed E-state index contributed by atoms with van der Waals surface area (Å²) in [5.74, 6) is 0.0320. The van der Waals surface area contributed by atoms with Crippen LogP contribution in [0.1, 0.15) is 24.5 Å². The molecular formula is C16H16F3N3O2. The van der Waals surface area contributed by atoms with Gasteiger partial charge in [-0.2, -0.15) is 0 Å². The van der Waals surface area contributed by atoms with Crippen molar-refractivity contribution in [3.63, 3.8) is 0 Å². The van der Waals surface area contributed by atoms with E-state index in [-0.39, 0.29) is 12.4 Å². The Hall–Kier alpha value is -2.61. The quantitative estimate of drug-likeness (QED) is 0.695. The molecule has 5 nitrogen and oxygen atoms in total. The summed E-state index contributed by atoms with van der Waals surface area (Å²) in [5, 5.41) is 20.4. The lowest BCUT2D eigenvalue weighted by Gasteiger charge is -2.15. The van der Waals surface area contributed by atoms with Gasteiger partial charge in [0.1, 0.15) is 11.6 Å². The summed E-state index contributed by atoms with van der Waals surface area (Å²) in [7, 11) is 0. The molecule has 0 fully saturated rings. The number of nitrogens with one attached hydrogen (secondary N) is 2. The molecule has 128 valence electrons. The highest BCUT2D eigenvalue weighted by Crippen LogP contribution is 2.27. The molecular weight excluding hydrogens is 323 g/mol. The van der Waals surface area contributed by atoms with Gasteiger partial charge in [-0.05, 0) is 42.3 Å². The molecule has 0 bridgehead atoms. The van der Waals surface area contributed by atoms with E-state index < -0.39 is 6.36 Å². The molecule has 1 heterocycles. The van der Waals surface area contributed by atoms with Crippen molar-refractivity contribution in [3.8, 4) is 5.75 Å². The summed E-state index contributed by atoms with van der Waals surface area (Å²) in [4.78, 5) is 4.16. The Kier molecular flexibility index (Phi) is 5.40. The average Bonchev–Trinajstić information content (AvgIpc) is 2.54. The maximum absolute atomic E-state index is 12.2. The summed E-state index contributed by atoms with van der Waals surface area (Å²) in [6, 6.07) is 6.79. The summed E-state index contributed by atoms with van der Waals surface area (Å²) in [6.07, 6.45) is -2.80. The fraction of sp³-hybridized carbons (Fsp3) is 0.250. The third-order valence-corrected chi connectivity index (χ3v) is 3.21. The first-order chi connectivity index (χ1) is 11.3. The van der Waals surface area contributed by atoms with E-state index in [1.165, 1.54) is 30.5 Å². The van der Waals surface area contributed by atoms with E-state index in [2.05, 4.69) is 15.0 Å². The number of ether oxygens (including phenoxy) is 1. The molecule has 0 amide bonds. The molecule has 2 aromatic rings. The molecule has 0 saturated heterocycles. The number of anilines is 2. The number of aliphatic hydroxyl groups is 1. The second-order valence-corrected chi connectivity index (χ2v) is 4.88. The standard InChI is InChI=1S/C16H16F3N3O2/c1-2-13(20)14-10(9-23)7-8-21-15(14)22-11-3-5-12(6-4-11)24-16(17,18)19/h3-8,20,23H,2,9H2,1H3,(H,21,22). The van der Waals surface area contributed by atoms with Crippen LogP contribution in [0, 0.1) is 5.41 Å². The molecule has 0 unspecified atom stereocenters. The topological polar surface area (TPSA) is 78.2 Å². The first-order valence-electron chi connectivity index (χ1n) is 7.13. The molecule has 1 aromatic carbocycles. The lowest BCUT2D eigenvalue weighted by molar-refractivity contribution is -0.274. The molecule has 0 aliphatic carbocycles. The number of aromatic nitrogens is 1. The third kappa shape index (κ3) is 4.45. The first-order valence-corrected chi connectivity index (χ1v) is 7.13. The molecule has 2 rings (SSSR count). The van der Waals surface area contributed by atoms with Crippen LogP contribution in [0.2, 0.25) is 0 Å². The Morgan fingerprint density at radius 2 is 1.92 bits per heavy atom. The van der Waals surface area contributed by atoms with Crippen LogP contribution in [0.25, 0.3) is 0 Å². The highest BCUT2D eigenvalue weighted by molar-refractivity contribution is 6.03. The van der Waals surface area contributed by atoms with E-state index in [4.69, 9.17) is 5.41 Å². The summed E-state index contributed by atoms with van der Waals surface area (Å²) < 4.78 is 40.3. The van der Waals surface area contributed by atoms with Gasteiger partial charge in [0.25, 0.3) is 0 Å². The molecule has 24 heavy (non-hydrogen) atoms. The Bertz CT molecular complexity index is 715. The second kappa shape index (κ2) is 7.31. The lowest BCUT2D eigenvalue weighted by atomic mass is 10.0. The highest BCUT2D eigenvalue weighted by Gasteiger charge is 2.30. The van der Waals surface area contributed by atoms with Crippen molar-refractivity contribution in [2.45, 2.75) is 26.3 Å². The normalized spacial score (nSPS) is 11.2. The Labute approximate surface area is 136 Å². The van der Waals surface area contributed by atoms with Crippen LogP contribution >= 0.6 is 0 Å². The zero-order chi connectivity index (χ0) is 17.7. The summed E-state index contributed by atoms with van der Waals surface area (Å²) in [5.41, 5.74) is 1.82. The molecule has 0 spiro atoms. The number of rotatable bonds is 6. The lowest BCUT2D eigenvalue weighted by Crippen LogP contribution is -2.17. The zero-order valence-electron chi connectivity index (χ0n) is 12.8. The van der Waals surface area contributed by atoms with Gasteiger partial charge in [-0.3, -0.25) is 0 Å². The Morgan fingerprint density at radius 1 is 1.25 bits per heavy atom. The van der Waals surface area contributed by atoms with Gasteiger partial charge < -0.3 is 20.6 Å². The molecule has 1 aromatic heterocycles. The van der Waals surface area contributed by atoms with Crippen molar-refractivity contribution in [3.05, 3.63) is 47.7 Å². The molecule has 0 radical (unpaired) electrons. The maximum atomic E-state index is 12.2. The van der Waals surface area contributed by atoms with Gasteiger partial charge >= 0.3 is 6.36 Å². The van der Waals surface area contributed by atoms with Crippen LogP contribution in [-0.4, -0.2) is 22.2 Å². The molecule has 0 aliphatic rings.